The monoisotopic (exact) mass is 256 g/mol. The maximum absolute atomic E-state index is 12.3. The van der Waals surface area contributed by atoms with E-state index in [0.717, 1.165) is 43.7 Å². The molecule has 1 amide bonds. The number of hydrogen-bond donors (Lipinski definition) is 0. The first-order valence-corrected chi connectivity index (χ1v) is 6.95. The Kier molecular flexibility index (Phi) is 2.33. The first-order chi connectivity index (χ1) is 9.34. The van der Waals surface area contributed by atoms with E-state index in [2.05, 4.69) is 10.2 Å². The zero-order valence-electron chi connectivity index (χ0n) is 10.7. The quantitative estimate of drug-likeness (QED) is 0.823. The molecule has 1 aliphatic carbocycles. The topological polar surface area (TPSA) is 50.5 Å². The number of hydrogen-bond acceptors (Lipinski definition) is 3. The molecule has 1 aliphatic heterocycles. The van der Waals surface area contributed by atoms with Crippen molar-refractivity contribution in [3.8, 4) is 0 Å². The van der Waals surface area contributed by atoms with Crippen LogP contribution in [0.5, 0.6) is 0 Å². The number of carbonyl (C=O) groups is 1. The van der Waals surface area contributed by atoms with Gasteiger partial charge in [-0.3, -0.25) is 9.20 Å². The van der Waals surface area contributed by atoms with Crippen LogP contribution in [0.25, 0.3) is 5.65 Å². The molecule has 0 radical (unpaired) electrons. The highest BCUT2D eigenvalue weighted by molar-refractivity contribution is 5.81. The summed E-state index contributed by atoms with van der Waals surface area (Å²) in [5.41, 5.74) is 0.850. The summed E-state index contributed by atoms with van der Waals surface area (Å²) < 4.78 is 2.00. The number of carbonyl (C=O) groups excluding carboxylic acids is 1. The number of nitrogens with zero attached hydrogens (tertiary/aromatic N) is 4. The number of amides is 1. The highest BCUT2D eigenvalue weighted by Gasteiger charge is 2.40. The Bertz CT molecular complexity index is 631. The van der Waals surface area contributed by atoms with Crippen LogP contribution in [-0.2, 0) is 4.79 Å². The van der Waals surface area contributed by atoms with Crippen LogP contribution in [0.4, 0.5) is 0 Å². The summed E-state index contributed by atoms with van der Waals surface area (Å²) >= 11 is 0. The molecule has 2 fully saturated rings. The second-order valence-corrected chi connectivity index (χ2v) is 5.45. The largest absolute Gasteiger partial charge is 0.332 e. The van der Waals surface area contributed by atoms with Gasteiger partial charge >= 0.3 is 0 Å². The Morgan fingerprint density at radius 3 is 2.95 bits per heavy atom. The number of aromatic nitrogens is 3. The average Bonchev–Trinajstić information content (AvgIpc) is 3.02. The summed E-state index contributed by atoms with van der Waals surface area (Å²) in [5.74, 6) is 1.50. The standard InChI is InChI=1S/C14H16N4O/c19-14(10-6-7-10)17-9-3-4-11(17)13-16-15-12-5-1-2-8-18(12)13/h1-2,5,8,10-11H,3-4,6-7,9H2. The van der Waals surface area contributed by atoms with E-state index in [-0.39, 0.29) is 12.0 Å². The highest BCUT2D eigenvalue weighted by atomic mass is 16.2. The molecule has 2 aromatic rings. The van der Waals surface area contributed by atoms with E-state index >= 15 is 0 Å². The molecule has 1 saturated heterocycles. The maximum atomic E-state index is 12.3. The molecule has 1 saturated carbocycles. The molecule has 2 aromatic heterocycles. The van der Waals surface area contributed by atoms with Gasteiger partial charge in [-0.2, -0.15) is 0 Å². The van der Waals surface area contributed by atoms with Gasteiger partial charge < -0.3 is 4.90 Å². The molecular formula is C14H16N4O. The van der Waals surface area contributed by atoms with Gasteiger partial charge in [0, 0.05) is 18.7 Å². The smallest absolute Gasteiger partial charge is 0.226 e. The molecule has 19 heavy (non-hydrogen) atoms. The zero-order chi connectivity index (χ0) is 12.8. The lowest BCUT2D eigenvalue weighted by Gasteiger charge is -2.23. The van der Waals surface area contributed by atoms with Gasteiger partial charge in [-0.1, -0.05) is 6.07 Å². The second-order valence-electron chi connectivity index (χ2n) is 5.45. The lowest BCUT2D eigenvalue weighted by molar-refractivity contribution is -0.133. The lowest BCUT2D eigenvalue weighted by atomic mass is 10.2. The van der Waals surface area contributed by atoms with Crippen LogP contribution in [-0.4, -0.2) is 31.9 Å². The van der Waals surface area contributed by atoms with Crippen molar-refractivity contribution in [1.82, 2.24) is 19.5 Å². The van der Waals surface area contributed by atoms with Crippen molar-refractivity contribution in [3.63, 3.8) is 0 Å². The Morgan fingerprint density at radius 1 is 1.21 bits per heavy atom. The highest BCUT2D eigenvalue weighted by Crippen LogP contribution is 2.38. The van der Waals surface area contributed by atoms with Gasteiger partial charge in [-0.05, 0) is 37.8 Å². The van der Waals surface area contributed by atoms with Crippen molar-refractivity contribution < 1.29 is 4.79 Å². The fourth-order valence-electron chi connectivity index (χ4n) is 2.95. The average molecular weight is 256 g/mol. The maximum Gasteiger partial charge on any atom is 0.226 e. The SMILES string of the molecule is O=C(C1CC1)N1CCCC1c1nnc2ccccn12. The van der Waals surface area contributed by atoms with E-state index in [1.54, 1.807) is 0 Å². The molecule has 5 nitrogen and oxygen atoms in total. The Balaban J connectivity index is 1.72. The summed E-state index contributed by atoms with van der Waals surface area (Å²) in [5, 5.41) is 8.50. The van der Waals surface area contributed by atoms with Crippen LogP contribution >= 0.6 is 0 Å². The third-order valence-corrected chi connectivity index (χ3v) is 4.10. The van der Waals surface area contributed by atoms with Gasteiger partial charge in [0.1, 0.15) is 0 Å². The van der Waals surface area contributed by atoms with Crippen molar-refractivity contribution in [1.29, 1.82) is 0 Å². The number of fused-ring (bicyclic) bond motifs is 1. The van der Waals surface area contributed by atoms with Crippen LogP contribution in [0.2, 0.25) is 0 Å². The summed E-state index contributed by atoms with van der Waals surface area (Å²) in [6, 6.07) is 5.97. The van der Waals surface area contributed by atoms with Crippen LogP contribution in [0.15, 0.2) is 24.4 Å². The fourth-order valence-corrected chi connectivity index (χ4v) is 2.95. The van der Waals surface area contributed by atoms with Crippen molar-refractivity contribution in [3.05, 3.63) is 30.2 Å². The molecule has 98 valence electrons. The van der Waals surface area contributed by atoms with E-state index in [1.165, 1.54) is 0 Å². The molecule has 5 heteroatoms. The molecule has 3 heterocycles. The van der Waals surface area contributed by atoms with Crippen LogP contribution in [0.3, 0.4) is 0 Å². The van der Waals surface area contributed by atoms with Crippen molar-refractivity contribution >= 4 is 11.6 Å². The van der Waals surface area contributed by atoms with Gasteiger partial charge in [-0.25, -0.2) is 0 Å². The number of pyridine rings is 1. The molecule has 2 aliphatic rings. The lowest BCUT2D eigenvalue weighted by Crippen LogP contribution is -2.32. The van der Waals surface area contributed by atoms with Crippen molar-refractivity contribution in [2.45, 2.75) is 31.7 Å². The van der Waals surface area contributed by atoms with Crippen molar-refractivity contribution in [2.24, 2.45) is 5.92 Å². The molecule has 4 rings (SSSR count). The third-order valence-electron chi connectivity index (χ3n) is 4.10. The summed E-state index contributed by atoms with van der Waals surface area (Å²) in [7, 11) is 0. The van der Waals surface area contributed by atoms with Gasteiger partial charge in [-0.15, -0.1) is 10.2 Å². The first-order valence-electron chi connectivity index (χ1n) is 6.95. The van der Waals surface area contributed by atoms with Crippen LogP contribution in [0.1, 0.15) is 37.5 Å². The van der Waals surface area contributed by atoms with Gasteiger partial charge in [0.25, 0.3) is 0 Å². The predicted octanol–water partition coefficient (Wildman–Crippen LogP) is 1.80. The molecule has 1 atom stereocenters. The molecule has 1 unspecified atom stereocenters. The Labute approximate surface area is 111 Å². The predicted molar refractivity (Wildman–Crippen MR) is 69.4 cm³/mol. The van der Waals surface area contributed by atoms with Gasteiger partial charge in [0.15, 0.2) is 11.5 Å². The van der Waals surface area contributed by atoms with E-state index in [4.69, 9.17) is 0 Å². The third kappa shape index (κ3) is 1.72. The Hall–Kier alpha value is -1.91. The molecule has 0 aromatic carbocycles. The molecule has 0 spiro atoms. The minimum absolute atomic E-state index is 0.102. The first kappa shape index (κ1) is 11.0. The minimum atomic E-state index is 0.102. The van der Waals surface area contributed by atoms with Crippen LogP contribution in [0, 0.1) is 5.92 Å². The summed E-state index contributed by atoms with van der Waals surface area (Å²) in [6.07, 6.45) is 6.15. The molecular weight excluding hydrogens is 240 g/mol. The van der Waals surface area contributed by atoms with E-state index < -0.39 is 0 Å². The van der Waals surface area contributed by atoms with Gasteiger partial charge in [0.2, 0.25) is 5.91 Å². The van der Waals surface area contributed by atoms with E-state index in [1.807, 2.05) is 33.7 Å². The number of rotatable bonds is 2. The molecule has 0 bridgehead atoms. The van der Waals surface area contributed by atoms with E-state index in [9.17, 15) is 4.79 Å². The van der Waals surface area contributed by atoms with Crippen LogP contribution < -0.4 is 0 Å². The zero-order valence-corrected chi connectivity index (χ0v) is 10.7. The molecule has 0 N–H and O–H groups in total. The second kappa shape index (κ2) is 4.05. The van der Waals surface area contributed by atoms with E-state index in [0.29, 0.717) is 5.91 Å². The number of likely N-dealkylation sites (tertiary alicyclic amines) is 1. The summed E-state index contributed by atoms with van der Waals surface area (Å²) in [6.45, 7) is 0.863. The normalized spacial score (nSPS) is 23.2. The Morgan fingerprint density at radius 2 is 2.11 bits per heavy atom. The van der Waals surface area contributed by atoms with Gasteiger partial charge in [0.05, 0.1) is 6.04 Å². The fraction of sp³-hybridized carbons (Fsp3) is 0.500. The van der Waals surface area contributed by atoms with Crippen molar-refractivity contribution in [2.75, 3.05) is 6.54 Å². The summed E-state index contributed by atoms with van der Waals surface area (Å²) in [4.78, 5) is 14.3. The minimum Gasteiger partial charge on any atom is -0.332 e.